The number of carbonyl (C=O) groups excluding carboxylic acids is 1. The van der Waals surface area contributed by atoms with Gasteiger partial charge in [-0.2, -0.15) is 0 Å². The summed E-state index contributed by atoms with van der Waals surface area (Å²) in [6.07, 6.45) is 0.544. The number of nitrogens with one attached hydrogen (secondary N) is 1. The smallest absolute Gasteiger partial charge is 0.407 e. The second-order valence-corrected chi connectivity index (χ2v) is 7.93. The number of amides is 1. The predicted octanol–water partition coefficient (Wildman–Crippen LogP) is 4.22. The van der Waals surface area contributed by atoms with Crippen molar-refractivity contribution < 1.29 is 18.7 Å². The fourth-order valence-corrected chi connectivity index (χ4v) is 3.21. The van der Waals surface area contributed by atoms with Crippen molar-refractivity contribution in [1.82, 2.24) is 10.2 Å². The maximum Gasteiger partial charge on any atom is 0.407 e. The van der Waals surface area contributed by atoms with E-state index >= 15 is 0 Å². The maximum atomic E-state index is 14.4. The molecule has 7 heteroatoms. The van der Waals surface area contributed by atoms with Crippen molar-refractivity contribution in [3.05, 3.63) is 28.5 Å². The van der Waals surface area contributed by atoms with Crippen molar-refractivity contribution in [3.8, 4) is 5.75 Å². The highest BCUT2D eigenvalue weighted by molar-refractivity contribution is 6.32. The molecule has 0 saturated carbocycles. The molecule has 2 rings (SSSR count). The quantitative estimate of drug-likeness (QED) is 0.795. The molecule has 0 spiro atoms. The van der Waals surface area contributed by atoms with Crippen molar-refractivity contribution >= 4 is 17.7 Å². The van der Waals surface area contributed by atoms with Gasteiger partial charge in [-0.3, -0.25) is 4.90 Å². The molecule has 1 aliphatic rings. The lowest BCUT2D eigenvalue weighted by Crippen LogP contribution is -2.36. The Labute approximate surface area is 159 Å². The first-order valence-electron chi connectivity index (χ1n) is 8.98. The van der Waals surface area contributed by atoms with Crippen LogP contribution in [0.15, 0.2) is 12.1 Å². The number of alkyl carbamates (subject to hydrolysis) is 1. The molecular formula is C19H28ClFN2O3. The van der Waals surface area contributed by atoms with E-state index in [1.165, 1.54) is 0 Å². The van der Waals surface area contributed by atoms with Gasteiger partial charge >= 0.3 is 6.09 Å². The van der Waals surface area contributed by atoms with Gasteiger partial charge in [0.1, 0.15) is 22.2 Å². The van der Waals surface area contributed by atoms with E-state index in [1.54, 1.807) is 12.1 Å². The van der Waals surface area contributed by atoms with E-state index < -0.39 is 17.5 Å². The van der Waals surface area contributed by atoms with Gasteiger partial charge in [0.05, 0.1) is 6.61 Å². The fourth-order valence-electron chi connectivity index (χ4n) is 2.97. The minimum absolute atomic E-state index is 0.0340. The third kappa shape index (κ3) is 6.02. The summed E-state index contributed by atoms with van der Waals surface area (Å²) in [7, 11) is 0. The van der Waals surface area contributed by atoms with Crippen LogP contribution in [0, 0.1) is 11.7 Å². The Morgan fingerprint density at radius 1 is 1.42 bits per heavy atom. The van der Waals surface area contributed by atoms with Gasteiger partial charge in [0.25, 0.3) is 0 Å². The number of ether oxygens (including phenoxy) is 2. The molecule has 0 aromatic heterocycles. The number of halogens is 2. The average Bonchev–Trinajstić information content (AvgIpc) is 2.99. The van der Waals surface area contributed by atoms with Crippen molar-refractivity contribution in [2.45, 2.75) is 46.3 Å². The van der Waals surface area contributed by atoms with Crippen LogP contribution in [0.1, 0.15) is 39.7 Å². The van der Waals surface area contributed by atoms with Crippen LogP contribution < -0.4 is 10.1 Å². The summed E-state index contributed by atoms with van der Waals surface area (Å²) >= 11 is 6.05. The summed E-state index contributed by atoms with van der Waals surface area (Å²) < 4.78 is 25.0. The van der Waals surface area contributed by atoms with Crippen LogP contribution in [0.3, 0.4) is 0 Å². The number of hydrogen-bond acceptors (Lipinski definition) is 4. The summed E-state index contributed by atoms with van der Waals surface area (Å²) in [5.74, 6) is 0.271. The molecule has 1 fully saturated rings. The molecule has 1 saturated heterocycles. The van der Waals surface area contributed by atoms with E-state index in [-0.39, 0.29) is 5.02 Å². The van der Waals surface area contributed by atoms with Crippen LogP contribution in [-0.4, -0.2) is 42.8 Å². The number of benzene rings is 1. The van der Waals surface area contributed by atoms with E-state index in [2.05, 4.69) is 10.2 Å². The number of likely N-dealkylation sites (tertiary alicyclic amines) is 1. The molecule has 146 valence electrons. The number of nitrogens with zero attached hydrogens (tertiary/aromatic N) is 1. The van der Waals surface area contributed by atoms with Gasteiger partial charge < -0.3 is 14.8 Å². The summed E-state index contributed by atoms with van der Waals surface area (Å²) in [6.45, 7) is 10.5. The molecular weight excluding hydrogens is 359 g/mol. The summed E-state index contributed by atoms with van der Waals surface area (Å²) in [5.41, 5.74) is 0.0511. The summed E-state index contributed by atoms with van der Waals surface area (Å²) in [5, 5.41) is 2.84. The van der Waals surface area contributed by atoms with Gasteiger partial charge in [-0.05, 0) is 52.6 Å². The Hall–Kier alpha value is -1.53. The van der Waals surface area contributed by atoms with Crippen LogP contribution in [0.2, 0.25) is 5.02 Å². The molecule has 1 amide bonds. The first-order valence-corrected chi connectivity index (χ1v) is 9.36. The van der Waals surface area contributed by atoms with Crippen LogP contribution in [0.4, 0.5) is 9.18 Å². The Balaban J connectivity index is 1.84. The molecule has 5 nitrogen and oxygen atoms in total. The Kier molecular flexibility index (Phi) is 7.12. The summed E-state index contributed by atoms with van der Waals surface area (Å²) in [6, 6.07) is 3.43. The Bertz CT molecular complexity index is 634. The average molecular weight is 387 g/mol. The second-order valence-electron chi connectivity index (χ2n) is 7.56. The van der Waals surface area contributed by atoms with Crippen LogP contribution in [0.5, 0.6) is 5.75 Å². The zero-order chi connectivity index (χ0) is 19.3. The highest BCUT2D eigenvalue weighted by Crippen LogP contribution is 2.31. The molecule has 1 atom stereocenters. The van der Waals surface area contributed by atoms with Crippen molar-refractivity contribution in [2.75, 3.05) is 26.2 Å². The second kappa shape index (κ2) is 8.91. The van der Waals surface area contributed by atoms with Crippen LogP contribution in [-0.2, 0) is 11.3 Å². The molecule has 1 aromatic rings. The van der Waals surface area contributed by atoms with Gasteiger partial charge in [0.15, 0.2) is 0 Å². The normalized spacial score (nSPS) is 18.0. The first kappa shape index (κ1) is 20.8. The van der Waals surface area contributed by atoms with Gasteiger partial charge in [-0.15, -0.1) is 0 Å². The molecule has 0 unspecified atom stereocenters. The van der Waals surface area contributed by atoms with Gasteiger partial charge in [0, 0.05) is 25.2 Å². The third-order valence-corrected chi connectivity index (χ3v) is 4.48. The Morgan fingerprint density at radius 2 is 2.15 bits per heavy atom. The lowest BCUT2D eigenvalue weighted by Gasteiger charge is -2.21. The molecule has 0 bridgehead atoms. The highest BCUT2D eigenvalue weighted by Gasteiger charge is 2.25. The van der Waals surface area contributed by atoms with Crippen molar-refractivity contribution in [3.63, 3.8) is 0 Å². The van der Waals surface area contributed by atoms with E-state index in [1.807, 2.05) is 27.7 Å². The Morgan fingerprint density at radius 3 is 2.81 bits per heavy atom. The van der Waals surface area contributed by atoms with Crippen LogP contribution >= 0.6 is 11.6 Å². The standard InChI is InChI=1S/C19H28ClFN2O3/c1-5-25-15-7-6-14(17(21)16(15)20)12-23-9-8-13(11-23)10-22-18(24)26-19(2,3)4/h6-7,13H,5,8-12H2,1-4H3,(H,22,24)/t13-/m0/s1. The van der Waals surface area contributed by atoms with E-state index in [0.29, 0.717) is 36.9 Å². The van der Waals surface area contributed by atoms with Gasteiger partial charge in [-0.1, -0.05) is 17.7 Å². The predicted molar refractivity (Wildman–Crippen MR) is 100 cm³/mol. The number of carbonyl (C=O) groups is 1. The topological polar surface area (TPSA) is 50.8 Å². The lowest BCUT2D eigenvalue weighted by atomic mass is 10.1. The first-order chi connectivity index (χ1) is 12.2. The molecule has 1 aliphatic heterocycles. The van der Waals surface area contributed by atoms with Crippen LogP contribution in [0.25, 0.3) is 0 Å². The molecule has 1 N–H and O–H groups in total. The SMILES string of the molecule is CCOc1ccc(CN2CC[C@@H](CNC(=O)OC(C)(C)C)C2)c(F)c1Cl. The zero-order valence-corrected chi connectivity index (χ0v) is 16.7. The molecule has 1 heterocycles. The van der Waals surface area contributed by atoms with Gasteiger partial charge in [-0.25, -0.2) is 9.18 Å². The fraction of sp³-hybridized carbons (Fsp3) is 0.632. The summed E-state index contributed by atoms with van der Waals surface area (Å²) in [4.78, 5) is 13.9. The highest BCUT2D eigenvalue weighted by atomic mass is 35.5. The molecule has 0 radical (unpaired) electrons. The monoisotopic (exact) mass is 386 g/mol. The lowest BCUT2D eigenvalue weighted by molar-refractivity contribution is 0.0519. The molecule has 1 aromatic carbocycles. The van der Waals surface area contributed by atoms with Crippen molar-refractivity contribution in [1.29, 1.82) is 0 Å². The number of hydrogen-bond donors (Lipinski definition) is 1. The van der Waals surface area contributed by atoms with E-state index in [4.69, 9.17) is 21.1 Å². The van der Waals surface area contributed by atoms with E-state index in [9.17, 15) is 9.18 Å². The van der Waals surface area contributed by atoms with E-state index in [0.717, 1.165) is 19.5 Å². The zero-order valence-electron chi connectivity index (χ0n) is 15.9. The third-order valence-electron chi connectivity index (χ3n) is 4.12. The molecule has 26 heavy (non-hydrogen) atoms. The van der Waals surface area contributed by atoms with Crippen molar-refractivity contribution in [2.24, 2.45) is 5.92 Å². The minimum atomic E-state index is -0.504. The van der Waals surface area contributed by atoms with Gasteiger partial charge in [0.2, 0.25) is 0 Å². The minimum Gasteiger partial charge on any atom is -0.492 e. The molecule has 0 aliphatic carbocycles. The largest absolute Gasteiger partial charge is 0.492 e. The maximum absolute atomic E-state index is 14.4. The number of rotatable bonds is 6.